The molecule has 3 heteroatoms. The molecule has 1 aromatic rings. The Kier molecular flexibility index (Phi) is 2.50. The molecule has 1 aliphatic rings. The Morgan fingerprint density at radius 1 is 1.43 bits per heavy atom. The molecule has 0 radical (unpaired) electrons. The Morgan fingerprint density at radius 2 is 2.21 bits per heavy atom. The van der Waals surface area contributed by atoms with Gasteiger partial charge in [0.2, 0.25) is 0 Å². The molecule has 0 bridgehead atoms. The molecule has 0 aliphatic carbocycles. The van der Waals surface area contributed by atoms with E-state index in [-0.39, 0.29) is 5.82 Å². The lowest BCUT2D eigenvalue weighted by molar-refractivity contribution is 0.626. The molecule has 0 amide bonds. The molecule has 1 unspecified atom stereocenters. The van der Waals surface area contributed by atoms with Crippen molar-refractivity contribution in [3.63, 3.8) is 0 Å². The number of nitrogen functional groups attached to an aromatic ring is 1. The number of thioether (sulfide) groups is 1. The summed E-state index contributed by atoms with van der Waals surface area (Å²) in [5, 5.41) is 0.341. The van der Waals surface area contributed by atoms with E-state index in [0.717, 1.165) is 12.0 Å². The van der Waals surface area contributed by atoms with Gasteiger partial charge in [0.05, 0.1) is 0 Å². The molecule has 0 saturated carbocycles. The minimum atomic E-state index is -0.245. The first-order valence-corrected chi connectivity index (χ1v) is 5.42. The normalized spacial score (nSPS) is 21.0. The Morgan fingerprint density at radius 3 is 2.79 bits per heavy atom. The first kappa shape index (κ1) is 9.59. The molecular weight excluding hydrogens is 197 g/mol. The maximum atomic E-state index is 13.1. The standard InChI is InChI=1S/C11H12FNS/c1-7-2-3-11(14-7)8-4-9(12)6-10(13)5-8/h2,4-6,11H,3,13H2,1H3. The van der Waals surface area contributed by atoms with Crippen LogP contribution in [-0.2, 0) is 0 Å². The average molecular weight is 209 g/mol. The summed E-state index contributed by atoms with van der Waals surface area (Å²) in [6, 6.07) is 4.77. The lowest BCUT2D eigenvalue weighted by Crippen LogP contribution is -1.94. The Hall–Kier alpha value is -0.960. The van der Waals surface area contributed by atoms with E-state index in [1.54, 1.807) is 17.8 Å². The monoisotopic (exact) mass is 209 g/mol. The summed E-state index contributed by atoms with van der Waals surface area (Å²) in [5.41, 5.74) is 7.09. The van der Waals surface area contributed by atoms with Crippen LogP contribution in [0.15, 0.2) is 29.2 Å². The first-order valence-electron chi connectivity index (χ1n) is 4.54. The van der Waals surface area contributed by atoms with Crippen molar-refractivity contribution in [2.24, 2.45) is 0 Å². The highest BCUT2D eigenvalue weighted by molar-refractivity contribution is 8.03. The van der Waals surface area contributed by atoms with E-state index in [1.165, 1.54) is 11.0 Å². The predicted molar refractivity (Wildman–Crippen MR) is 59.5 cm³/mol. The second kappa shape index (κ2) is 3.65. The molecule has 1 atom stereocenters. The van der Waals surface area contributed by atoms with Gasteiger partial charge in [-0.1, -0.05) is 6.08 Å². The maximum Gasteiger partial charge on any atom is 0.125 e. The van der Waals surface area contributed by atoms with E-state index < -0.39 is 0 Å². The van der Waals surface area contributed by atoms with Crippen molar-refractivity contribution < 1.29 is 4.39 Å². The summed E-state index contributed by atoms with van der Waals surface area (Å²) in [6.45, 7) is 2.08. The molecule has 14 heavy (non-hydrogen) atoms. The lowest BCUT2D eigenvalue weighted by atomic mass is 10.1. The predicted octanol–water partition coefficient (Wildman–Crippen LogP) is 3.49. The molecule has 0 aromatic heterocycles. The summed E-state index contributed by atoms with van der Waals surface area (Å²) in [6.07, 6.45) is 3.15. The third-order valence-electron chi connectivity index (χ3n) is 2.26. The smallest absolute Gasteiger partial charge is 0.125 e. The summed E-state index contributed by atoms with van der Waals surface area (Å²) >= 11 is 1.77. The van der Waals surface area contributed by atoms with Gasteiger partial charge in [-0.3, -0.25) is 0 Å². The number of hydrogen-bond acceptors (Lipinski definition) is 2. The molecule has 2 N–H and O–H groups in total. The summed E-state index contributed by atoms with van der Waals surface area (Å²) in [5.74, 6) is -0.245. The highest BCUT2D eigenvalue weighted by Gasteiger charge is 2.17. The van der Waals surface area contributed by atoms with Crippen molar-refractivity contribution >= 4 is 17.4 Å². The fraction of sp³-hybridized carbons (Fsp3) is 0.273. The molecule has 1 aromatic carbocycles. The van der Waals surface area contributed by atoms with Crippen molar-refractivity contribution in [2.75, 3.05) is 5.73 Å². The lowest BCUT2D eigenvalue weighted by Gasteiger charge is -2.10. The summed E-state index contributed by atoms with van der Waals surface area (Å²) < 4.78 is 13.1. The highest BCUT2D eigenvalue weighted by atomic mass is 32.2. The fourth-order valence-corrected chi connectivity index (χ4v) is 2.73. The summed E-state index contributed by atoms with van der Waals surface area (Å²) in [7, 11) is 0. The van der Waals surface area contributed by atoms with Crippen LogP contribution < -0.4 is 5.73 Å². The zero-order valence-electron chi connectivity index (χ0n) is 7.96. The van der Waals surface area contributed by atoms with E-state index >= 15 is 0 Å². The second-order valence-corrected chi connectivity index (χ2v) is 4.92. The molecule has 2 rings (SSSR count). The zero-order valence-corrected chi connectivity index (χ0v) is 8.77. The van der Waals surface area contributed by atoms with Crippen LogP contribution in [0.25, 0.3) is 0 Å². The van der Waals surface area contributed by atoms with Gasteiger partial charge in [-0.2, -0.15) is 0 Å². The van der Waals surface area contributed by atoms with Crippen molar-refractivity contribution in [1.29, 1.82) is 0 Å². The summed E-state index contributed by atoms with van der Waals surface area (Å²) in [4.78, 5) is 1.30. The minimum absolute atomic E-state index is 0.245. The van der Waals surface area contributed by atoms with Gasteiger partial charge in [-0.25, -0.2) is 4.39 Å². The molecule has 1 aliphatic heterocycles. The van der Waals surface area contributed by atoms with Crippen LogP contribution in [-0.4, -0.2) is 0 Å². The van der Waals surface area contributed by atoms with E-state index in [9.17, 15) is 4.39 Å². The van der Waals surface area contributed by atoms with Crippen LogP contribution in [0.1, 0.15) is 24.2 Å². The van der Waals surface area contributed by atoms with Crippen LogP contribution in [0.4, 0.5) is 10.1 Å². The van der Waals surface area contributed by atoms with Gasteiger partial charge < -0.3 is 5.73 Å². The van der Waals surface area contributed by atoms with Gasteiger partial charge in [-0.15, -0.1) is 11.8 Å². The van der Waals surface area contributed by atoms with E-state index in [1.807, 2.05) is 6.07 Å². The number of nitrogens with two attached hydrogens (primary N) is 1. The second-order valence-electron chi connectivity index (χ2n) is 3.47. The SMILES string of the molecule is CC1=CCC(c2cc(N)cc(F)c2)S1. The number of rotatable bonds is 1. The van der Waals surface area contributed by atoms with Crippen molar-refractivity contribution in [2.45, 2.75) is 18.6 Å². The van der Waals surface area contributed by atoms with Crippen LogP contribution in [0, 0.1) is 5.82 Å². The van der Waals surface area contributed by atoms with Crippen LogP contribution >= 0.6 is 11.8 Å². The molecular formula is C11H12FNS. The van der Waals surface area contributed by atoms with Crippen molar-refractivity contribution in [3.8, 4) is 0 Å². The first-order chi connectivity index (χ1) is 6.65. The Labute approximate surface area is 87.2 Å². The third kappa shape index (κ3) is 1.93. The van der Waals surface area contributed by atoms with E-state index in [2.05, 4.69) is 13.0 Å². The number of halogens is 1. The van der Waals surface area contributed by atoms with E-state index in [4.69, 9.17) is 5.73 Å². The largest absolute Gasteiger partial charge is 0.399 e. The minimum Gasteiger partial charge on any atom is -0.399 e. The molecule has 1 nitrogen and oxygen atoms in total. The van der Waals surface area contributed by atoms with Crippen LogP contribution in [0.5, 0.6) is 0 Å². The molecule has 74 valence electrons. The van der Waals surface area contributed by atoms with Gasteiger partial charge in [0.1, 0.15) is 5.82 Å². The quantitative estimate of drug-likeness (QED) is 0.716. The third-order valence-corrected chi connectivity index (χ3v) is 3.55. The van der Waals surface area contributed by atoms with E-state index in [0.29, 0.717) is 10.9 Å². The number of hydrogen-bond donors (Lipinski definition) is 1. The highest BCUT2D eigenvalue weighted by Crippen LogP contribution is 2.43. The van der Waals surface area contributed by atoms with Crippen LogP contribution in [0.2, 0.25) is 0 Å². The molecule has 1 heterocycles. The Balaban J connectivity index is 2.25. The van der Waals surface area contributed by atoms with Gasteiger partial charge in [0.25, 0.3) is 0 Å². The molecule has 0 spiro atoms. The van der Waals surface area contributed by atoms with Crippen molar-refractivity contribution in [1.82, 2.24) is 0 Å². The average Bonchev–Trinajstić information content (AvgIpc) is 2.50. The number of benzene rings is 1. The van der Waals surface area contributed by atoms with Crippen molar-refractivity contribution in [3.05, 3.63) is 40.6 Å². The fourth-order valence-electron chi connectivity index (χ4n) is 1.62. The van der Waals surface area contributed by atoms with Gasteiger partial charge in [0, 0.05) is 10.9 Å². The topological polar surface area (TPSA) is 26.0 Å². The molecule has 0 fully saturated rings. The zero-order chi connectivity index (χ0) is 10.1. The van der Waals surface area contributed by atoms with Gasteiger partial charge in [-0.05, 0) is 42.0 Å². The van der Waals surface area contributed by atoms with Gasteiger partial charge in [0.15, 0.2) is 0 Å². The Bertz CT molecular complexity index is 367. The van der Waals surface area contributed by atoms with Gasteiger partial charge >= 0.3 is 0 Å². The molecule has 0 saturated heterocycles. The number of allylic oxidation sites excluding steroid dienone is 2. The number of anilines is 1. The maximum absolute atomic E-state index is 13.1. The van der Waals surface area contributed by atoms with Crippen LogP contribution in [0.3, 0.4) is 0 Å².